The Morgan fingerprint density at radius 3 is 2.64 bits per heavy atom. The van der Waals surface area contributed by atoms with Crippen molar-refractivity contribution in [3.63, 3.8) is 0 Å². The smallest absolute Gasteiger partial charge is 0.290 e. The monoisotopic (exact) mass is 361 g/mol. The number of hydrogen-bond acceptors (Lipinski definition) is 5. The number of methoxy groups -OCH3 is 1. The zero-order chi connectivity index (χ0) is 18.0. The number of carbonyl (C=O) groups excluding carboxylic acids is 2. The van der Waals surface area contributed by atoms with Crippen LogP contribution in [0.1, 0.15) is 22.2 Å². The third-order valence-corrected chi connectivity index (χ3v) is 4.27. The Hall–Kier alpha value is -2.57. The first-order valence-electron chi connectivity index (χ1n) is 7.61. The Labute approximate surface area is 149 Å². The van der Waals surface area contributed by atoms with Crippen LogP contribution in [-0.2, 0) is 9.53 Å². The van der Waals surface area contributed by atoms with Gasteiger partial charge in [0.1, 0.15) is 0 Å². The van der Waals surface area contributed by atoms with Crippen LogP contribution in [0.25, 0.3) is 0 Å². The van der Waals surface area contributed by atoms with E-state index in [1.807, 2.05) is 0 Å². The van der Waals surface area contributed by atoms with Gasteiger partial charge < -0.3 is 19.2 Å². The number of aliphatic hydroxyl groups is 1. The van der Waals surface area contributed by atoms with Gasteiger partial charge in [0.25, 0.3) is 5.91 Å². The fourth-order valence-corrected chi connectivity index (χ4v) is 2.96. The molecule has 1 amide bonds. The SMILES string of the molecule is COCCN1C(=O)C(O)=C(C(=O)c2ccco2)[C@H]1c1ccc(Cl)cc1. The Morgan fingerprint density at radius 1 is 1.32 bits per heavy atom. The molecular weight excluding hydrogens is 346 g/mol. The highest BCUT2D eigenvalue weighted by Crippen LogP contribution is 2.39. The van der Waals surface area contributed by atoms with E-state index in [4.69, 9.17) is 20.8 Å². The molecule has 6 nitrogen and oxygen atoms in total. The number of ether oxygens (including phenoxy) is 1. The molecular formula is C18H16ClNO5. The van der Waals surface area contributed by atoms with Gasteiger partial charge >= 0.3 is 0 Å². The summed E-state index contributed by atoms with van der Waals surface area (Å²) in [7, 11) is 1.51. The van der Waals surface area contributed by atoms with Crippen LogP contribution >= 0.6 is 11.6 Å². The molecule has 0 radical (unpaired) electrons. The first kappa shape index (κ1) is 17.3. The lowest BCUT2D eigenvalue weighted by Crippen LogP contribution is -2.33. The van der Waals surface area contributed by atoms with Crippen LogP contribution in [0.2, 0.25) is 5.02 Å². The van der Waals surface area contributed by atoms with Crippen LogP contribution in [0.4, 0.5) is 0 Å². The van der Waals surface area contributed by atoms with Gasteiger partial charge in [-0.3, -0.25) is 9.59 Å². The fourth-order valence-electron chi connectivity index (χ4n) is 2.84. The maximum Gasteiger partial charge on any atom is 0.290 e. The molecule has 0 saturated carbocycles. The molecule has 130 valence electrons. The van der Waals surface area contributed by atoms with Crippen molar-refractivity contribution in [2.45, 2.75) is 6.04 Å². The average molecular weight is 362 g/mol. The zero-order valence-corrected chi connectivity index (χ0v) is 14.2. The highest BCUT2D eigenvalue weighted by atomic mass is 35.5. The minimum absolute atomic E-state index is 0.0154. The van der Waals surface area contributed by atoms with Crippen LogP contribution in [0.5, 0.6) is 0 Å². The van der Waals surface area contributed by atoms with E-state index in [1.165, 1.54) is 24.3 Å². The first-order chi connectivity index (χ1) is 12.0. The number of halogens is 1. The second-order valence-corrected chi connectivity index (χ2v) is 5.95. The molecule has 2 heterocycles. The third kappa shape index (κ3) is 3.18. The van der Waals surface area contributed by atoms with Gasteiger partial charge in [0.05, 0.1) is 24.5 Å². The summed E-state index contributed by atoms with van der Waals surface area (Å²) in [6.45, 7) is 0.493. The van der Waals surface area contributed by atoms with Crippen LogP contribution in [0.3, 0.4) is 0 Å². The molecule has 1 aliphatic rings. The van der Waals surface area contributed by atoms with Gasteiger partial charge in [-0.1, -0.05) is 23.7 Å². The van der Waals surface area contributed by atoms with Crippen LogP contribution in [0, 0.1) is 0 Å². The van der Waals surface area contributed by atoms with Crippen molar-refractivity contribution >= 4 is 23.3 Å². The molecule has 0 fully saturated rings. The van der Waals surface area contributed by atoms with E-state index in [9.17, 15) is 14.7 Å². The van der Waals surface area contributed by atoms with E-state index in [0.29, 0.717) is 10.6 Å². The molecule has 0 aliphatic carbocycles. The summed E-state index contributed by atoms with van der Waals surface area (Å²) >= 11 is 5.93. The minimum atomic E-state index is -0.738. The lowest BCUT2D eigenvalue weighted by molar-refractivity contribution is -0.130. The van der Waals surface area contributed by atoms with Gasteiger partial charge in [0.2, 0.25) is 5.78 Å². The van der Waals surface area contributed by atoms with Gasteiger partial charge in [-0.25, -0.2) is 0 Å². The summed E-state index contributed by atoms with van der Waals surface area (Å²) in [5, 5.41) is 10.9. The highest BCUT2D eigenvalue weighted by molar-refractivity contribution is 6.30. The molecule has 25 heavy (non-hydrogen) atoms. The van der Waals surface area contributed by atoms with Crippen LogP contribution < -0.4 is 0 Å². The molecule has 1 aromatic heterocycles. The summed E-state index contributed by atoms with van der Waals surface area (Å²) in [6.07, 6.45) is 1.36. The largest absolute Gasteiger partial charge is 0.503 e. The van der Waals surface area contributed by atoms with Crippen LogP contribution in [-0.4, -0.2) is 42.0 Å². The van der Waals surface area contributed by atoms with Gasteiger partial charge in [-0.2, -0.15) is 0 Å². The maximum atomic E-state index is 12.8. The lowest BCUT2D eigenvalue weighted by atomic mass is 9.95. The normalized spacial score (nSPS) is 17.4. The second-order valence-electron chi connectivity index (χ2n) is 5.51. The van der Waals surface area contributed by atoms with Crippen LogP contribution in [0.15, 0.2) is 58.4 Å². The van der Waals surface area contributed by atoms with Crippen molar-refractivity contribution in [1.29, 1.82) is 0 Å². The molecule has 2 aromatic rings. The molecule has 0 unspecified atom stereocenters. The number of amides is 1. The average Bonchev–Trinajstić information content (AvgIpc) is 3.22. The summed E-state index contributed by atoms with van der Waals surface area (Å²) in [5.74, 6) is -1.66. The van der Waals surface area contributed by atoms with Gasteiger partial charge in [0.15, 0.2) is 11.5 Å². The topological polar surface area (TPSA) is 80.0 Å². The van der Waals surface area contributed by atoms with Gasteiger partial charge in [-0.15, -0.1) is 0 Å². The highest BCUT2D eigenvalue weighted by Gasteiger charge is 2.44. The van der Waals surface area contributed by atoms with Gasteiger partial charge in [0, 0.05) is 18.7 Å². The number of Topliss-reactive ketones (excluding diaryl/α,β-unsaturated/α-hetero) is 1. The number of nitrogens with zero attached hydrogens (tertiary/aromatic N) is 1. The van der Waals surface area contributed by atoms with Crippen molar-refractivity contribution in [2.24, 2.45) is 0 Å². The van der Waals surface area contributed by atoms with Crippen molar-refractivity contribution in [1.82, 2.24) is 4.90 Å². The first-order valence-corrected chi connectivity index (χ1v) is 7.99. The van der Waals surface area contributed by atoms with E-state index in [1.54, 1.807) is 30.3 Å². The molecule has 0 saturated heterocycles. The van der Waals surface area contributed by atoms with Crippen molar-refractivity contribution in [3.8, 4) is 0 Å². The summed E-state index contributed by atoms with van der Waals surface area (Å²) < 4.78 is 10.2. The quantitative estimate of drug-likeness (QED) is 0.799. The number of aliphatic hydroxyl groups excluding tert-OH is 1. The lowest BCUT2D eigenvalue weighted by Gasteiger charge is -2.26. The molecule has 1 atom stereocenters. The number of rotatable bonds is 6. The Balaban J connectivity index is 2.06. The minimum Gasteiger partial charge on any atom is -0.503 e. The molecule has 1 aliphatic heterocycles. The van der Waals surface area contributed by atoms with E-state index in [0.717, 1.165) is 0 Å². The molecule has 3 rings (SSSR count). The van der Waals surface area contributed by atoms with E-state index in [2.05, 4.69) is 0 Å². The Kier molecular flexibility index (Phi) is 4.92. The number of furan rings is 1. The third-order valence-electron chi connectivity index (χ3n) is 4.02. The van der Waals surface area contributed by atoms with Crippen molar-refractivity contribution < 1.29 is 23.8 Å². The fraction of sp³-hybridized carbons (Fsp3) is 0.222. The van der Waals surface area contributed by atoms with E-state index in [-0.39, 0.29) is 24.5 Å². The number of hydrogen-bond donors (Lipinski definition) is 1. The standard InChI is InChI=1S/C18H16ClNO5/c1-24-10-8-20-15(11-4-6-12(19)7-5-11)14(17(22)18(20)23)16(21)13-3-2-9-25-13/h2-7,9,15,22H,8,10H2,1H3/t15-/m1/s1. The molecule has 7 heteroatoms. The number of benzene rings is 1. The van der Waals surface area contributed by atoms with Crippen molar-refractivity contribution in [3.05, 3.63) is 70.3 Å². The predicted octanol–water partition coefficient (Wildman–Crippen LogP) is 3.16. The molecule has 1 aromatic carbocycles. The molecule has 0 spiro atoms. The summed E-state index contributed by atoms with van der Waals surface area (Å²) in [4.78, 5) is 26.7. The van der Waals surface area contributed by atoms with Crippen molar-refractivity contribution in [2.75, 3.05) is 20.3 Å². The molecule has 0 bridgehead atoms. The van der Waals surface area contributed by atoms with E-state index < -0.39 is 23.5 Å². The predicted molar refractivity (Wildman–Crippen MR) is 90.5 cm³/mol. The zero-order valence-electron chi connectivity index (χ0n) is 13.4. The summed E-state index contributed by atoms with van der Waals surface area (Å²) in [6, 6.07) is 9.09. The number of ketones is 1. The van der Waals surface area contributed by atoms with E-state index >= 15 is 0 Å². The second kappa shape index (κ2) is 7.13. The summed E-state index contributed by atoms with van der Waals surface area (Å²) in [5.41, 5.74) is 0.645. The number of carbonyl (C=O) groups is 2. The molecule has 1 N–H and O–H groups in total. The Morgan fingerprint density at radius 2 is 2.04 bits per heavy atom. The Bertz CT molecular complexity index is 811. The van der Waals surface area contributed by atoms with Gasteiger partial charge in [-0.05, 0) is 29.8 Å². The maximum absolute atomic E-state index is 12.8.